The number of nitrogens with one attached hydrogen (secondary N) is 2. The number of aromatic amines is 1. The fourth-order valence-corrected chi connectivity index (χ4v) is 1.84. The van der Waals surface area contributed by atoms with Crippen molar-refractivity contribution in [3.05, 3.63) is 46.0 Å². The fraction of sp³-hybridized carbons (Fsp3) is 0.167. The lowest BCUT2D eigenvalue weighted by Gasteiger charge is -2.06. The second-order valence-corrected chi connectivity index (χ2v) is 4.32. The third-order valence-corrected chi connectivity index (χ3v) is 2.77. The number of aromatic nitrogens is 2. The van der Waals surface area contributed by atoms with Gasteiger partial charge in [-0.2, -0.15) is 5.10 Å². The van der Waals surface area contributed by atoms with E-state index in [1.54, 1.807) is 13.8 Å². The lowest BCUT2D eigenvalue weighted by Crippen LogP contribution is -2.14. The normalized spacial score (nSPS) is 10.4. The highest BCUT2D eigenvalue weighted by Crippen LogP contribution is 2.21. The molecule has 6 heteroatoms. The summed E-state index contributed by atoms with van der Waals surface area (Å²) in [5.74, 6) is -0.952. The molecule has 1 aromatic heterocycles. The van der Waals surface area contributed by atoms with E-state index in [0.29, 0.717) is 22.0 Å². The van der Waals surface area contributed by atoms with Crippen molar-refractivity contribution in [2.24, 2.45) is 0 Å². The van der Waals surface area contributed by atoms with E-state index in [1.165, 1.54) is 18.2 Å². The molecule has 0 bridgehead atoms. The Morgan fingerprint density at radius 1 is 1.44 bits per heavy atom. The largest absolute Gasteiger partial charge is 0.319 e. The van der Waals surface area contributed by atoms with Crippen LogP contribution in [-0.4, -0.2) is 16.1 Å². The maximum atomic E-state index is 13.5. The molecule has 0 fully saturated rings. The van der Waals surface area contributed by atoms with Crippen LogP contribution in [0.4, 0.5) is 10.1 Å². The highest BCUT2D eigenvalue weighted by atomic mass is 35.5. The highest BCUT2D eigenvalue weighted by molar-refractivity contribution is 6.31. The molecule has 2 N–H and O–H groups in total. The van der Waals surface area contributed by atoms with Crippen LogP contribution >= 0.6 is 11.6 Å². The van der Waals surface area contributed by atoms with Gasteiger partial charge in [0, 0.05) is 10.7 Å². The Balaban J connectivity index is 2.30. The van der Waals surface area contributed by atoms with Gasteiger partial charge in [-0.15, -0.1) is 0 Å². The molecule has 1 aromatic carbocycles. The van der Waals surface area contributed by atoms with Gasteiger partial charge in [0.05, 0.1) is 16.9 Å². The van der Waals surface area contributed by atoms with Crippen LogP contribution in [0.5, 0.6) is 0 Å². The van der Waals surface area contributed by atoms with E-state index in [4.69, 9.17) is 11.6 Å². The molecular formula is C12H11ClFN3O. The number of benzene rings is 1. The second kappa shape index (κ2) is 4.78. The number of carbonyl (C=O) groups excluding carboxylic acids is 1. The fourth-order valence-electron chi connectivity index (χ4n) is 1.66. The van der Waals surface area contributed by atoms with Crippen LogP contribution in [0, 0.1) is 19.7 Å². The first-order valence-electron chi connectivity index (χ1n) is 5.27. The minimum absolute atomic E-state index is 0.0486. The minimum atomic E-state index is -0.536. The summed E-state index contributed by atoms with van der Waals surface area (Å²) >= 11 is 5.75. The molecule has 2 rings (SSSR count). The maximum absolute atomic E-state index is 13.5. The molecule has 0 radical (unpaired) electrons. The number of rotatable bonds is 2. The van der Waals surface area contributed by atoms with Gasteiger partial charge in [-0.05, 0) is 32.0 Å². The summed E-state index contributed by atoms with van der Waals surface area (Å²) in [5.41, 5.74) is 1.65. The summed E-state index contributed by atoms with van der Waals surface area (Å²) < 4.78 is 13.5. The predicted molar refractivity (Wildman–Crippen MR) is 67.4 cm³/mol. The number of halogens is 2. The first-order chi connectivity index (χ1) is 8.49. The van der Waals surface area contributed by atoms with Crippen molar-refractivity contribution in [1.29, 1.82) is 0 Å². The number of amides is 1. The van der Waals surface area contributed by atoms with Gasteiger partial charge in [-0.3, -0.25) is 9.89 Å². The topological polar surface area (TPSA) is 57.8 Å². The van der Waals surface area contributed by atoms with Crippen LogP contribution in [0.1, 0.15) is 21.7 Å². The molecule has 0 aliphatic heterocycles. The maximum Gasteiger partial charge on any atom is 0.259 e. The van der Waals surface area contributed by atoms with Crippen molar-refractivity contribution in [3.63, 3.8) is 0 Å². The summed E-state index contributed by atoms with van der Waals surface area (Å²) in [5, 5.41) is 9.44. The molecule has 0 spiro atoms. The van der Waals surface area contributed by atoms with Gasteiger partial charge < -0.3 is 5.32 Å². The molecule has 2 aromatic rings. The summed E-state index contributed by atoms with van der Waals surface area (Å²) in [6.45, 7) is 3.43. The lowest BCUT2D eigenvalue weighted by molar-refractivity contribution is 0.102. The zero-order valence-electron chi connectivity index (χ0n) is 9.84. The summed E-state index contributed by atoms with van der Waals surface area (Å²) in [6.07, 6.45) is 0. The van der Waals surface area contributed by atoms with Gasteiger partial charge in [0.15, 0.2) is 0 Å². The first-order valence-corrected chi connectivity index (χ1v) is 5.65. The minimum Gasteiger partial charge on any atom is -0.319 e. The van der Waals surface area contributed by atoms with Gasteiger partial charge in [0.2, 0.25) is 0 Å². The quantitative estimate of drug-likeness (QED) is 0.878. The number of anilines is 1. The molecule has 0 saturated carbocycles. The van der Waals surface area contributed by atoms with Crippen molar-refractivity contribution in [2.45, 2.75) is 13.8 Å². The van der Waals surface area contributed by atoms with E-state index in [1.807, 2.05) is 0 Å². The number of hydrogen-bond acceptors (Lipinski definition) is 2. The molecule has 1 amide bonds. The Morgan fingerprint density at radius 2 is 2.17 bits per heavy atom. The summed E-state index contributed by atoms with van der Waals surface area (Å²) in [7, 11) is 0. The van der Waals surface area contributed by atoms with E-state index in [2.05, 4.69) is 15.5 Å². The first kappa shape index (κ1) is 12.6. The third kappa shape index (κ3) is 2.36. The number of carbonyl (C=O) groups is 1. The average Bonchev–Trinajstić information content (AvgIpc) is 2.63. The molecule has 0 atom stereocenters. The number of hydrogen-bond donors (Lipinski definition) is 2. The molecule has 4 nitrogen and oxygen atoms in total. The van der Waals surface area contributed by atoms with E-state index >= 15 is 0 Å². The van der Waals surface area contributed by atoms with E-state index in [-0.39, 0.29) is 5.69 Å². The Morgan fingerprint density at radius 3 is 2.78 bits per heavy atom. The van der Waals surface area contributed by atoms with Crippen LogP contribution in [0.15, 0.2) is 18.2 Å². The zero-order valence-corrected chi connectivity index (χ0v) is 10.6. The zero-order chi connectivity index (χ0) is 13.3. The Labute approximate surface area is 108 Å². The molecule has 1 heterocycles. The second-order valence-electron chi connectivity index (χ2n) is 3.89. The van der Waals surface area contributed by atoms with Crippen LogP contribution in [0.25, 0.3) is 0 Å². The van der Waals surface area contributed by atoms with Crippen LogP contribution in [0.2, 0.25) is 5.02 Å². The van der Waals surface area contributed by atoms with Gasteiger partial charge in [-0.25, -0.2) is 4.39 Å². The van der Waals surface area contributed by atoms with Crippen molar-refractivity contribution < 1.29 is 9.18 Å². The molecule has 0 aliphatic carbocycles. The van der Waals surface area contributed by atoms with Crippen molar-refractivity contribution in [1.82, 2.24) is 10.2 Å². The molecule has 0 unspecified atom stereocenters. The van der Waals surface area contributed by atoms with Crippen LogP contribution < -0.4 is 5.32 Å². The van der Waals surface area contributed by atoms with Crippen LogP contribution in [-0.2, 0) is 0 Å². The lowest BCUT2D eigenvalue weighted by atomic mass is 10.2. The van der Waals surface area contributed by atoms with E-state index in [9.17, 15) is 9.18 Å². The van der Waals surface area contributed by atoms with Gasteiger partial charge in [-0.1, -0.05) is 11.6 Å². The van der Waals surface area contributed by atoms with Gasteiger partial charge in [0.1, 0.15) is 5.82 Å². The van der Waals surface area contributed by atoms with E-state index in [0.717, 1.165) is 0 Å². The number of nitrogens with zero attached hydrogens (tertiary/aromatic N) is 1. The number of H-pyrrole nitrogens is 1. The highest BCUT2D eigenvalue weighted by Gasteiger charge is 2.16. The smallest absolute Gasteiger partial charge is 0.259 e. The Kier molecular flexibility index (Phi) is 3.34. The van der Waals surface area contributed by atoms with Crippen molar-refractivity contribution in [3.8, 4) is 0 Å². The predicted octanol–water partition coefficient (Wildman–Crippen LogP) is 3.07. The third-order valence-electron chi connectivity index (χ3n) is 2.53. The monoisotopic (exact) mass is 267 g/mol. The molecule has 94 valence electrons. The standard InChI is InChI=1S/C12H11ClFN3O/c1-6-11(7(2)17-16-6)12(18)15-10-5-8(13)3-4-9(10)14/h3-5H,1-2H3,(H,15,18)(H,16,17). The Hall–Kier alpha value is -1.88. The van der Waals surface area contributed by atoms with Crippen molar-refractivity contribution in [2.75, 3.05) is 5.32 Å². The summed E-state index contributed by atoms with van der Waals surface area (Å²) in [4.78, 5) is 12.0. The van der Waals surface area contributed by atoms with Gasteiger partial charge in [0.25, 0.3) is 5.91 Å². The molecule has 0 aliphatic rings. The summed E-state index contributed by atoms with van der Waals surface area (Å²) in [6, 6.07) is 3.98. The van der Waals surface area contributed by atoms with Gasteiger partial charge >= 0.3 is 0 Å². The SMILES string of the molecule is Cc1n[nH]c(C)c1C(=O)Nc1cc(Cl)ccc1F. The average molecular weight is 268 g/mol. The molecule has 18 heavy (non-hydrogen) atoms. The number of aryl methyl sites for hydroxylation is 2. The Bertz CT molecular complexity index is 590. The van der Waals surface area contributed by atoms with Crippen LogP contribution in [0.3, 0.4) is 0 Å². The molecule has 0 saturated heterocycles. The van der Waals surface area contributed by atoms with Crippen molar-refractivity contribution >= 4 is 23.2 Å². The molecular weight excluding hydrogens is 257 g/mol. The van der Waals surface area contributed by atoms with E-state index < -0.39 is 11.7 Å².